The molecule has 5 heteroatoms. The van der Waals surface area contributed by atoms with Crippen LogP contribution in [0, 0.1) is 13.8 Å². The third kappa shape index (κ3) is 2.51. The van der Waals surface area contributed by atoms with E-state index in [1.165, 1.54) is 5.56 Å². The average molecular weight is 243 g/mol. The lowest BCUT2D eigenvalue weighted by molar-refractivity contribution is 1.13. The van der Waals surface area contributed by atoms with Crippen molar-refractivity contribution in [2.45, 2.75) is 13.8 Å². The van der Waals surface area contributed by atoms with Crippen LogP contribution in [0.1, 0.15) is 11.1 Å². The first-order valence-electron chi connectivity index (χ1n) is 5.75. The Morgan fingerprint density at radius 2 is 1.72 bits per heavy atom. The number of nitrogens with zero attached hydrogens (tertiary/aromatic N) is 2. The van der Waals surface area contributed by atoms with Crippen LogP contribution in [0.25, 0.3) is 0 Å². The Bertz CT molecular complexity index is 548. The number of aromatic nitrogens is 2. The number of benzene rings is 1. The van der Waals surface area contributed by atoms with Crippen molar-refractivity contribution in [2.75, 3.05) is 23.4 Å². The van der Waals surface area contributed by atoms with Gasteiger partial charge in [0.05, 0.1) is 0 Å². The molecule has 0 amide bonds. The molecule has 0 unspecified atom stereocenters. The molecule has 0 spiro atoms. The van der Waals surface area contributed by atoms with E-state index in [2.05, 4.69) is 27.5 Å². The standard InChI is InChI=1S/C13H17N5/c1-8-4-6-10(7-5-8)16-12-9(2)11(14)17-13(15-3)18-12/h4-7H,1-3H3,(H4,14,15,16,17,18). The minimum absolute atomic E-state index is 0.476. The van der Waals surface area contributed by atoms with E-state index in [1.807, 2.05) is 31.2 Å². The zero-order valence-corrected chi connectivity index (χ0v) is 10.8. The van der Waals surface area contributed by atoms with Crippen molar-refractivity contribution >= 4 is 23.3 Å². The number of hydrogen-bond acceptors (Lipinski definition) is 5. The van der Waals surface area contributed by atoms with Gasteiger partial charge < -0.3 is 16.4 Å². The summed E-state index contributed by atoms with van der Waals surface area (Å²) >= 11 is 0. The topological polar surface area (TPSA) is 75.9 Å². The first kappa shape index (κ1) is 12.2. The number of aryl methyl sites for hydroxylation is 1. The Balaban J connectivity index is 2.33. The summed E-state index contributed by atoms with van der Waals surface area (Å²) in [4.78, 5) is 8.48. The van der Waals surface area contributed by atoms with E-state index < -0.39 is 0 Å². The summed E-state index contributed by atoms with van der Waals surface area (Å²) in [5.74, 6) is 1.70. The normalized spacial score (nSPS) is 10.2. The van der Waals surface area contributed by atoms with E-state index >= 15 is 0 Å². The van der Waals surface area contributed by atoms with Crippen LogP contribution >= 0.6 is 0 Å². The molecule has 1 aromatic carbocycles. The SMILES string of the molecule is CNc1nc(N)c(C)c(Nc2ccc(C)cc2)n1. The van der Waals surface area contributed by atoms with Gasteiger partial charge in [0.25, 0.3) is 0 Å². The van der Waals surface area contributed by atoms with Crippen LogP contribution in [0.15, 0.2) is 24.3 Å². The molecule has 18 heavy (non-hydrogen) atoms. The van der Waals surface area contributed by atoms with Crippen LogP contribution in [-0.2, 0) is 0 Å². The molecule has 1 aromatic heterocycles. The molecular formula is C13H17N5. The van der Waals surface area contributed by atoms with Gasteiger partial charge in [-0.25, -0.2) is 0 Å². The molecule has 0 aliphatic heterocycles. The highest BCUT2D eigenvalue weighted by molar-refractivity contribution is 5.65. The van der Waals surface area contributed by atoms with Crippen molar-refractivity contribution in [3.63, 3.8) is 0 Å². The predicted molar refractivity (Wildman–Crippen MR) is 75.2 cm³/mol. The average Bonchev–Trinajstić information content (AvgIpc) is 2.37. The van der Waals surface area contributed by atoms with Crippen LogP contribution in [-0.4, -0.2) is 17.0 Å². The molecule has 0 fully saturated rings. The molecule has 1 heterocycles. The van der Waals surface area contributed by atoms with Crippen molar-refractivity contribution in [1.82, 2.24) is 9.97 Å². The van der Waals surface area contributed by atoms with Crippen molar-refractivity contribution < 1.29 is 0 Å². The smallest absolute Gasteiger partial charge is 0.226 e. The van der Waals surface area contributed by atoms with Crippen LogP contribution in [0.3, 0.4) is 0 Å². The number of hydrogen-bond donors (Lipinski definition) is 3. The highest BCUT2D eigenvalue weighted by Gasteiger charge is 2.07. The molecule has 4 N–H and O–H groups in total. The van der Waals surface area contributed by atoms with Gasteiger partial charge in [0.1, 0.15) is 11.6 Å². The molecule has 0 atom stereocenters. The van der Waals surface area contributed by atoms with Gasteiger partial charge in [-0.15, -0.1) is 0 Å². The summed E-state index contributed by atoms with van der Waals surface area (Å²) in [6.07, 6.45) is 0. The fourth-order valence-corrected chi connectivity index (χ4v) is 1.54. The van der Waals surface area contributed by atoms with E-state index in [4.69, 9.17) is 5.73 Å². The highest BCUT2D eigenvalue weighted by atomic mass is 15.1. The Labute approximate surface area is 106 Å². The maximum atomic E-state index is 5.84. The fraction of sp³-hybridized carbons (Fsp3) is 0.231. The second-order valence-electron chi connectivity index (χ2n) is 4.15. The molecule has 94 valence electrons. The predicted octanol–water partition coefficient (Wildman–Crippen LogP) is 2.46. The lowest BCUT2D eigenvalue weighted by atomic mass is 10.2. The van der Waals surface area contributed by atoms with Crippen LogP contribution in [0.4, 0.5) is 23.3 Å². The first-order valence-corrected chi connectivity index (χ1v) is 5.75. The van der Waals surface area contributed by atoms with Crippen LogP contribution < -0.4 is 16.4 Å². The summed E-state index contributed by atoms with van der Waals surface area (Å²) in [6, 6.07) is 8.10. The number of rotatable bonds is 3. The molecule has 0 radical (unpaired) electrons. The summed E-state index contributed by atoms with van der Waals surface area (Å²) in [5, 5.41) is 6.13. The van der Waals surface area contributed by atoms with Gasteiger partial charge in [-0.3, -0.25) is 0 Å². The Morgan fingerprint density at radius 1 is 1.06 bits per heavy atom. The molecular weight excluding hydrogens is 226 g/mol. The lowest BCUT2D eigenvalue weighted by Crippen LogP contribution is -2.06. The molecule has 0 saturated heterocycles. The Morgan fingerprint density at radius 3 is 2.33 bits per heavy atom. The third-order valence-electron chi connectivity index (χ3n) is 2.72. The minimum atomic E-state index is 0.476. The van der Waals surface area contributed by atoms with Crippen LogP contribution in [0.2, 0.25) is 0 Å². The van der Waals surface area contributed by atoms with E-state index in [9.17, 15) is 0 Å². The van der Waals surface area contributed by atoms with Gasteiger partial charge in [0.2, 0.25) is 5.95 Å². The van der Waals surface area contributed by atoms with Gasteiger partial charge in [-0.05, 0) is 26.0 Å². The molecule has 0 aliphatic carbocycles. The van der Waals surface area contributed by atoms with E-state index in [0.29, 0.717) is 11.8 Å². The maximum absolute atomic E-state index is 5.84. The third-order valence-corrected chi connectivity index (χ3v) is 2.72. The number of nitrogens with two attached hydrogens (primary N) is 1. The quantitative estimate of drug-likeness (QED) is 0.772. The van der Waals surface area contributed by atoms with Crippen molar-refractivity contribution in [1.29, 1.82) is 0 Å². The Hall–Kier alpha value is -2.30. The largest absolute Gasteiger partial charge is 0.383 e. The lowest BCUT2D eigenvalue weighted by Gasteiger charge is -2.11. The zero-order valence-electron chi connectivity index (χ0n) is 10.8. The second kappa shape index (κ2) is 4.91. The van der Waals surface area contributed by atoms with E-state index in [0.717, 1.165) is 17.1 Å². The van der Waals surface area contributed by atoms with Gasteiger partial charge in [-0.1, -0.05) is 17.7 Å². The van der Waals surface area contributed by atoms with Gasteiger partial charge >= 0.3 is 0 Å². The first-order chi connectivity index (χ1) is 8.60. The summed E-state index contributed by atoms with van der Waals surface area (Å²) in [5.41, 5.74) is 8.88. The zero-order chi connectivity index (χ0) is 13.1. The van der Waals surface area contributed by atoms with E-state index in [-0.39, 0.29) is 0 Å². The molecule has 0 saturated carbocycles. The molecule has 2 aromatic rings. The summed E-state index contributed by atoms with van der Waals surface area (Å²) in [6.45, 7) is 3.95. The van der Waals surface area contributed by atoms with Crippen molar-refractivity contribution in [3.8, 4) is 0 Å². The van der Waals surface area contributed by atoms with Crippen molar-refractivity contribution in [2.24, 2.45) is 0 Å². The Kier molecular flexibility index (Phi) is 3.32. The number of nitrogen functional groups attached to an aromatic ring is 1. The molecule has 5 nitrogen and oxygen atoms in total. The maximum Gasteiger partial charge on any atom is 0.226 e. The number of anilines is 4. The highest BCUT2D eigenvalue weighted by Crippen LogP contribution is 2.23. The monoisotopic (exact) mass is 243 g/mol. The number of nitrogens with one attached hydrogen (secondary N) is 2. The van der Waals surface area contributed by atoms with E-state index in [1.54, 1.807) is 7.05 Å². The van der Waals surface area contributed by atoms with Gasteiger partial charge in [0.15, 0.2) is 0 Å². The van der Waals surface area contributed by atoms with Crippen LogP contribution in [0.5, 0.6) is 0 Å². The molecule has 2 rings (SSSR count). The summed E-state index contributed by atoms with van der Waals surface area (Å²) in [7, 11) is 1.76. The van der Waals surface area contributed by atoms with Gasteiger partial charge in [-0.2, -0.15) is 9.97 Å². The van der Waals surface area contributed by atoms with Gasteiger partial charge in [0, 0.05) is 18.3 Å². The molecule has 0 bridgehead atoms. The fourth-order valence-electron chi connectivity index (χ4n) is 1.54. The second-order valence-corrected chi connectivity index (χ2v) is 4.15. The summed E-state index contributed by atoms with van der Waals surface area (Å²) < 4.78 is 0. The molecule has 0 aliphatic rings. The minimum Gasteiger partial charge on any atom is -0.383 e. The van der Waals surface area contributed by atoms with Crippen molar-refractivity contribution in [3.05, 3.63) is 35.4 Å².